The van der Waals surface area contributed by atoms with E-state index in [2.05, 4.69) is 13.8 Å². The molecule has 0 aliphatic carbocycles. The molecule has 0 spiro atoms. The lowest BCUT2D eigenvalue weighted by Gasteiger charge is -2.09. The van der Waals surface area contributed by atoms with Gasteiger partial charge in [-0.2, -0.15) is 0 Å². The van der Waals surface area contributed by atoms with Gasteiger partial charge in [-0.1, -0.05) is 58.8 Å². The van der Waals surface area contributed by atoms with Crippen LogP contribution in [-0.2, 0) is 0 Å². The molecule has 0 atom stereocenters. The highest BCUT2D eigenvalue weighted by Gasteiger charge is 2.13. The Kier molecular flexibility index (Phi) is 12.9. The normalized spacial score (nSPS) is 10.6. The van der Waals surface area contributed by atoms with Crippen LogP contribution in [0.1, 0.15) is 92.4 Å². The highest BCUT2D eigenvalue weighted by Crippen LogP contribution is 2.21. The first kappa shape index (κ1) is 29.8. The molecular weight excluding hydrogens is 492 g/mol. The summed E-state index contributed by atoms with van der Waals surface area (Å²) in [5.41, 5.74) is 0.665. The van der Waals surface area contributed by atoms with Gasteiger partial charge in [0, 0.05) is 0 Å². The smallest absolute Gasteiger partial charge is 0.343 e. The maximum atomic E-state index is 12.6. The van der Waals surface area contributed by atoms with Crippen LogP contribution in [-0.4, -0.2) is 25.2 Å². The Morgan fingerprint density at radius 2 is 0.795 bits per heavy atom. The average molecular weight is 533 g/mol. The van der Waals surface area contributed by atoms with Gasteiger partial charge in [0.1, 0.15) is 23.0 Å². The van der Waals surface area contributed by atoms with E-state index in [9.17, 15) is 9.59 Å². The van der Waals surface area contributed by atoms with Gasteiger partial charge in [0.05, 0.1) is 24.3 Å². The summed E-state index contributed by atoms with van der Waals surface area (Å²) in [6.07, 6.45) is 10.6. The van der Waals surface area contributed by atoms with Crippen LogP contribution in [0.15, 0.2) is 72.8 Å². The number of carbonyl (C=O) groups excluding carboxylic acids is 2. The molecule has 0 bridgehead atoms. The fourth-order valence-electron chi connectivity index (χ4n) is 3.90. The zero-order chi connectivity index (χ0) is 27.7. The number of ether oxygens (including phenoxy) is 4. The molecular formula is C33H40O6. The van der Waals surface area contributed by atoms with Crippen LogP contribution >= 0.6 is 0 Å². The second kappa shape index (κ2) is 16.9. The van der Waals surface area contributed by atoms with E-state index >= 15 is 0 Å². The van der Waals surface area contributed by atoms with Crippen LogP contribution in [0.25, 0.3) is 0 Å². The summed E-state index contributed by atoms with van der Waals surface area (Å²) in [4.78, 5) is 25.1. The number of unbranched alkanes of at least 4 members (excludes halogenated alkanes) is 7. The topological polar surface area (TPSA) is 71.1 Å². The minimum Gasteiger partial charge on any atom is -0.494 e. The van der Waals surface area contributed by atoms with E-state index in [1.165, 1.54) is 32.1 Å². The molecule has 6 heteroatoms. The Morgan fingerprint density at radius 3 is 1.23 bits per heavy atom. The fourth-order valence-corrected chi connectivity index (χ4v) is 3.90. The second-order valence-electron chi connectivity index (χ2n) is 9.47. The predicted molar refractivity (Wildman–Crippen MR) is 153 cm³/mol. The zero-order valence-corrected chi connectivity index (χ0v) is 23.2. The van der Waals surface area contributed by atoms with Gasteiger partial charge in [0.15, 0.2) is 0 Å². The van der Waals surface area contributed by atoms with Crippen LogP contribution in [0.4, 0.5) is 0 Å². The Morgan fingerprint density at radius 1 is 0.462 bits per heavy atom. The zero-order valence-electron chi connectivity index (χ0n) is 23.2. The summed E-state index contributed by atoms with van der Waals surface area (Å²) in [5, 5.41) is 0. The van der Waals surface area contributed by atoms with E-state index in [-0.39, 0.29) is 0 Å². The maximum absolute atomic E-state index is 12.6. The van der Waals surface area contributed by atoms with E-state index in [1.54, 1.807) is 72.8 Å². The molecule has 0 amide bonds. The first-order chi connectivity index (χ1) is 19.1. The Hall–Kier alpha value is -3.80. The third kappa shape index (κ3) is 10.8. The average Bonchev–Trinajstić information content (AvgIpc) is 2.96. The van der Waals surface area contributed by atoms with E-state index < -0.39 is 11.9 Å². The summed E-state index contributed by atoms with van der Waals surface area (Å²) in [7, 11) is 0. The van der Waals surface area contributed by atoms with Crippen LogP contribution in [0.3, 0.4) is 0 Å². The van der Waals surface area contributed by atoms with Crippen LogP contribution in [0.2, 0.25) is 0 Å². The first-order valence-corrected chi connectivity index (χ1v) is 14.1. The molecule has 208 valence electrons. The number of rotatable bonds is 17. The molecule has 0 aromatic heterocycles. The molecule has 0 heterocycles. The summed E-state index contributed by atoms with van der Waals surface area (Å²) in [6, 6.07) is 20.1. The van der Waals surface area contributed by atoms with Crippen molar-refractivity contribution in [3.8, 4) is 23.0 Å². The number of carbonyl (C=O) groups is 2. The molecule has 3 aromatic carbocycles. The van der Waals surface area contributed by atoms with Crippen LogP contribution in [0.5, 0.6) is 23.0 Å². The van der Waals surface area contributed by atoms with Crippen molar-refractivity contribution in [3.63, 3.8) is 0 Å². The van der Waals surface area contributed by atoms with E-state index in [0.717, 1.165) is 37.2 Å². The van der Waals surface area contributed by atoms with Crippen molar-refractivity contribution in [2.45, 2.75) is 71.6 Å². The lowest BCUT2D eigenvalue weighted by atomic mass is 10.1. The molecule has 39 heavy (non-hydrogen) atoms. The van der Waals surface area contributed by atoms with E-state index in [4.69, 9.17) is 18.9 Å². The minimum absolute atomic E-state index is 0.332. The van der Waals surface area contributed by atoms with Gasteiger partial charge in [-0.25, -0.2) is 9.59 Å². The van der Waals surface area contributed by atoms with Gasteiger partial charge in [-0.15, -0.1) is 0 Å². The molecule has 0 unspecified atom stereocenters. The summed E-state index contributed by atoms with van der Waals surface area (Å²) >= 11 is 0. The Bertz CT molecular complexity index is 1120. The van der Waals surface area contributed by atoms with E-state index in [0.29, 0.717) is 35.8 Å². The largest absolute Gasteiger partial charge is 0.494 e. The molecule has 0 saturated carbocycles. The SMILES string of the molecule is CCCCCCCCOc1ccc(OC(=O)c2ccc(C(=O)Oc3ccc(OCCCCC)cc3)cc2)cc1. The molecule has 3 aromatic rings. The summed E-state index contributed by atoms with van der Waals surface area (Å²) in [5.74, 6) is 1.31. The van der Waals surface area contributed by atoms with Gasteiger partial charge >= 0.3 is 11.9 Å². The van der Waals surface area contributed by atoms with Gasteiger partial charge in [0.25, 0.3) is 0 Å². The Labute approximate surface area is 232 Å². The first-order valence-electron chi connectivity index (χ1n) is 14.1. The standard InChI is InChI=1S/C33H40O6/c1-3-5-7-8-9-11-25-37-29-18-22-31(23-19-29)39-33(35)27-14-12-26(13-15-27)32(34)38-30-20-16-28(17-21-30)36-24-10-6-4-2/h12-23H,3-11,24-25H2,1-2H3. The van der Waals surface area contributed by atoms with Crippen molar-refractivity contribution in [1.29, 1.82) is 0 Å². The van der Waals surface area contributed by atoms with Crippen molar-refractivity contribution in [1.82, 2.24) is 0 Å². The quantitative estimate of drug-likeness (QED) is 0.0987. The van der Waals surface area contributed by atoms with Crippen molar-refractivity contribution >= 4 is 11.9 Å². The van der Waals surface area contributed by atoms with Crippen molar-refractivity contribution in [2.24, 2.45) is 0 Å². The lowest BCUT2D eigenvalue weighted by Crippen LogP contribution is -2.11. The third-order valence-corrected chi connectivity index (χ3v) is 6.21. The van der Waals surface area contributed by atoms with Crippen LogP contribution < -0.4 is 18.9 Å². The molecule has 0 aliphatic rings. The lowest BCUT2D eigenvalue weighted by molar-refractivity contribution is 0.0720. The maximum Gasteiger partial charge on any atom is 0.343 e. The predicted octanol–water partition coefficient (Wildman–Crippen LogP) is 8.43. The van der Waals surface area contributed by atoms with Crippen LogP contribution in [0, 0.1) is 0 Å². The molecule has 0 fully saturated rings. The molecule has 3 rings (SSSR count). The highest BCUT2D eigenvalue weighted by molar-refractivity contribution is 5.94. The van der Waals surface area contributed by atoms with Gasteiger partial charge in [-0.3, -0.25) is 0 Å². The third-order valence-electron chi connectivity index (χ3n) is 6.21. The summed E-state index contributed by atoms with van der Waals surface area (Å²) < 4.78 is 22.4. The summed E-state index contributed by atoms with van der Waals surface area (Å²) in [6.45, 7) is 5.71. The van der Waals surface area contributed by atoms with E-state index in [1.807, 2.05) is 0 Å². The Balaban J connectivity index is 1.42. The highest BCUT2D eigenvalue weighted by atomic mass is 16.5. The molecule has 0 saturated heterocycles. The number of esters is 2. The van der Waals surface area contributed by atoms with Crippen molar-refractivity contribution in [2.75, 3.05) is 13.2 Å². The van der Waals surface area contributed by atoms with Gasteiger partial charge in [0.2, 0.25) is 0 Å². The fraction of sp³-hybridized carbons (Fsp3) is 0.394. The number of benzene rings is 3. The number of hydrogen-bond acceptors (Lipinski definition) is 6. The minimum atomic E-state index is -0.511. The monoisotopic (exact) mass is 532 g/mol. The second-order valence-corrected chi connectivity index (χ2v) is 9.47. The number of hydrogen-bond donors (Lipinski definition) is 0. The molecule has 0 aliphatic heterocycles. The molecule has 0 radical (unpaired) electrons. The molecule has 0 N–H and O–H groups in total. The van der Waals surface area contributed by atoms with Gasteiger partial charge < -0.3 is 18.9 Å². The molecule has 6 nitrogen and oxygen atoms in total. The van der Waals surface area contributed by atoms with Crippen molar-refractivity contribution < 1.29 is 28.5 Å². The van der Waals surface area contributed by atoms with Gasteiger partial charge in [-0.05, 0) is 85.6 Å². The van der Waals surface area contributed by atoms with Crippen molar-refractivity contribution in [3.05, 3.63) is 83.9 Å².